The van der Waals surface area contributed by atoms with E-state index in [0.717, 1.165) is 16.3 Å². The second kappa shape index (κ2) is 10.8. The molecule has 1 aliphatic rings. The minimum atomic E-state index is -3.99. The Kier molecular flexibility index (Phi) is 8.09. The van der Waals surface area contributed by atoms with E-state index in [0.29, 0.717) is 13.0 Å². The maximum Gasteiger partial charge on any atom is 0.269 e. The lowest BCUT2D eigenvalue weighted by Gasteiger charge is -2.30. The molecule has 2 aromatic rings. The van der Waals surface area contributed by atoms with Crippen LogP contribution in [0.15, 0.2) is 59.5 Å². The standard InChI is InChI=1S/C25H31N3O5S/c1-4-18(2)26-24(30)19(3)27(16-14-20-10-6-5-7-11-20)23(29)15-17-28-25(31)21-12-8-9-13-22(21)34(28,32)33/h5-13,18-19H,4,14-17H2,1-3H3,(H,26,30). The molecule has 9 heteroatoms. The van der Waals surface area contributed by atoms with Gasteiger partial charge in [-0.25, -0.2) is 12.7 Å². The number of sulfonamides is 1. The molecule has 0 bridgehead atoms. The van der Waals surface area contributed by atoms with Crippen molar-refractivity contribution >= 4 is 27.7 Å². The van der Waals surface area contributed by atoms with Crippen molar-refractivity contribution in [3.63, 3.8) is 0 Å². The number of nitrogens with zero attached hydrogens (tertiary/aromatic N) is 2. The van der Waals surface area contributed by atoms with Crippen molar-refractivity contribution < 1.29 is 22.8 Å². The van der Waals surface area contributed by atoms with Crippen LogP contribution in [-0.2, 0) is 26.0 Å². The maximum absolute atomic E-state index is 13.2. The van der Waals surface area contributed by atoms with Gasteiger partial charge in [-0.1, -0.05) is 49.4 Å². The lowest BCUT2D eigenvalue weighted by Crippen LogP contribution is -2.51. The van der Waals surface area contributed by atoms with Gasteiger partial charge >= 0.3 is 0 Å². The highest BCUT2D eigenvalue weighted by Gasteiger charge is 2.41. The first kappa shape index (κ1) is 25.4. The largest absolute Gasteiger partial charge is 0.352 e. The van der Waals surface area contributed by atoms with Gasteiger partial charge in [0.2, 0.25) is 11.8 Å². The van der Waals surface area contributed by atoms with Crippen molar-refractivity contribution in [2.24, 2.45) is 0 Å². The molecule has 0 aliphatic carbocycles. The fourth-order valence-electron chi connectivity index (χ4n) is 3.83. The van der Waals surface area contributed by atoms with Crippen LogP contribution in [0.1, 0.15) is 49.5 Å². The van der Waals surface area contributed by atoms with Crippen LogP contribution in [0.2, 0.25) is 0 Å². The quantitative estimate of drug-likeness (QED) is 0.557. The van der Waals surface area contributed by atoms with Gasteiger partial charge in [0.1, 0.15) is 10.9 Å². The van der Waals surface area contributed by atoms with Gasteiger partial charge in [0.25, 0.3) is 15.9 Å². The van der Waals surface area contributed by atoms with E-state index in [1.54, 1.807) is 19.1 Å². The molecular weight excluding hydrogens is 454 g/mol. The highest BCUT2D eigenvalue weighted by molar-refractivity contribution is 7.90. The second-order valence-electron chi connectivity index (χ2n) is 8.45. The molecule has 2 atom stereocenters. The highest BCUT2D eigenvalue weighted by atomic mass is 32.2. The van der Waals surface area contributed by atoms with Gasteiger partial charge < -0.3 is 10.2 Å². The molecule has 3 rings (SSSR count). The smallest absolute Gasteiger partial charge is 0.269 e. The number of carbonyl (C=O) groups is 3. The highest BCUT2D eigenvalue weighted by Crippen LogP contribution is 2.30. The number of rotatable bonds is 10. The fourth-order valence-corrected chi connectivity index (χ4v) is 5.40. The van der Waals surface area contributed by atoms with Crippen LogP contribution in [0.5, 0.6) is 0 Å². The minimum absolute atomic E-state index is 0.0353. The Hall–Kier alpha value is -3.20. The van der Waals surface area contributed by atoms with E-state index in [2.05, 4.69) is 5.32 Å². The van der Waals surface area contributed by atoms with Gasteiger partial charge in [-0.15, -0.1) is 0 Å². The summed E-state index contributed by atoms with van der Waals surface area (Å²) in [4.78, 5) is 40.1. The number of hydrogen-bond donors (Lipinski definition) is 1. The van der Waals surface area contributed by atoms with Crippen molar-refractivity contribution in [3.8, 4) is 0 Å². The Labute approximate surface area is 201 Å². The number of benzene rings is 2. The molecule has 8 nitrogen and oxygen atoms in total. The second-order valence-corrected chi connectivity index (χ2v) is 10.3. The normalized spacial score (nSPS) is 16.0. The summed E-state index contributed by atoms with van der Waals surface area (Å²) in [5.41, 5.74) is 1.12. The Morgan fingerprint density at radius 3 is 2.32 bits per heavy atom. The predicted octanol–water partition coefficient (Wildman–Crippen LogP) is 2.60. The first-order valence-electron chi connectivity index (χ1n) is 11.5. The number of carbonyl (C=O) groups excluding carboxylic acids is 3. The molecular formula is C25H31N3O5S. The lowest BCUT2D eigenvalue weighted by atomic mass is 10.1. The lowest BCUT2D eigenvalue weighted by molar-refractivity contribution is -0.140. The summed E-state index contributed by atoms with van der Waals surface area (Å²) in [7, 11) is -3.99. The summed E-state index contributed by atoms with van der Waals surface area (Å²) < 4.78 is 26.3. The molecule has 0 saturated heterocycles. The van der Waals surface area contributed by atoms with Gasteiger partial charge in [0.05, 0.1) is 5.56 Å². The first-order valence-corrected chi connectivity index (χ1v) is 12.9. The number of hydrogen-bond acceptors (Lipinski definition) is 5. The van der Waals surface area contributed by atoms with Crippen molar-refractivity contribution in [1.82, 2.24) is 14.5 Å². The third-order valence-corrected chi connectivity index (χ3v) is 7.93. The van der Waals surface area contributed by atoms with E-state index >= 15 is 0 Å². The molecule has 1 heterocycles. The van der Waals surface area contributed by atoms with Crippen LogP contribution < -0.4 is 5.32 Å². The van der Waals surface area contributed by atoms with E-state index in [1.165, 1.54) is 17.0 Å². The van der Waals surface area contributed by atoms with Crippen LogP contribution in [0, 0.1) is 0 Å². The van der Waals surface area contributed by atoms with Crippen LogP contribution in [0.4, 0.5) is 0 Å². The van der Waals surface area contributed by atoms with Crippen molar-refractivity contribution in [2.45, 2.75) is 57.0 Å². The van der Waals surface area contributed by atoms with Gasteiger partial charge in [-0.05, 0) is 44.4 Å². The van der Waals surface area contributed by atoms with Crippen molar-refractivity contribution in [1.29, 1.82) is 0 Å². The molecule has 1 N–H and O–H groups in total. The van der Waals surface area contributed by atoms with E-state index in [9.17, 15) is 22.8 Å². The SMILES string of the molecule is CCC(C)NC(=O)C(C)N(CCc1ccccc1)C(=O)CCN1C(=O)c2ccccc2S1(=O)=O. The Bertz CT molecular complexity index is 1150. The summed E-state index contributed by atoms with van der Waals surface area (Å²) in [6, 6.07) is 14.8. The molecule has 0 fully saturated rings. The van der Waals surface area contributed by atoms with Crippen molar-refractivity contribution in [3.05, 3.63) is 65.7 Å². The first-order chi connectivity index (χ1) is 16.2. The third-order valence-electron chi connectivity index (χ3n) is 6.09. The van der Waals surface area contributed by atoms with E-state index in [4.69, 9.17) is 0 Å². The van der Waals surface area contributed by atoms with Crippen molar-refractivity contribution in [2.75, 3.05) is 13.1 Å². The summed E-state index contributed by atoms with van der Waals surface area (Å²) in [5, 5.41) is 2.90. The topological polar surface area (TPSA) is 104 Å². The van der Waals surface area contributed by atoms with Crippen LogP contribution in [0.3, 0.4) is 0 Å². The average Bonchev–Trinajstić information content (AvgIpc) is 3.03. The molecule has 0 radical (unpaired) electrons. The maximum atomic E-state index is 13.2. The molecule has 0 spiro atoms. The van der Waals surface area contributed by atoms with E-state index < -0.39 is 22.0 Å². The molecule has 182 valence electrons. The summed E-state index contributed by atoms with van der Waals surface area (Å²) in [5.74, 6) is -1.29. The molecule has 0 aromatic heterocycles. The zero-order valence-electron chi connectivity index (χ0n) is 19.7. The van der Waals surface area contributed by atoms with Crippen LogP contribution >= 0.6 is 0 Å². The molecule has 3 amide bonds. The molecule has 0 saturated carbocycles. The van der Waals surface area contributed by atoms with Crippen LogP contribution in [-0.4, -0.2) is 60.5 Å². The van der Waals surface area contributed by atoms with E-state index in [-0.39, 0.29) is 41.3 Å². The molecule has 1 aliphatic heterocycles. The number of amides is 3. The summed E-state index contributed by atoms with van der Waals surface area (Å²) in [6.45, 7) is 5.52. The predicted molar refractivity (Wildman–Crippen MR) is 128 cm³/mol. The zero-order chi connectivity index (χ0) is 24.9. The average molecular weight is 486 g/mol. The zero-order valence-corrected chi connectivity index (χ0v) is 20.5. The minimum Gasteiger partial charge on any atom is -0.352 e. The fraction of sp³-hybridized carbons (Fsp3) is 0.400. The third kappa shape index (κ3) is 5.47. The Morgan fingerprint density at radius 2 is 1.68 bits per heavy atom. The van der Waals surface area contributed by atoms with Gasteiger partial charge in [-0.2, -0.15) is 0 Å². The number of nitrogens with one attached hydrogen (secondary N) is 1. The molecule has 34 heavy (non-hydrogen) atoms. The van der Waals surface area contributed by atoms with Gasteiger partial charge in [-0.3, -0.25) is 14.4 Å². The van der Waals surface area contributed by atoms with Gasteiger partial charge in [0, 0.05) is 25.6 Å². The summed E-state index contributed by atoms with van der Waals surface area (Å²) >= 11 is 0. The number of fused-ring (bicyclic) bond motifs is 1. The summed E-state index contributed by atoms with van der Waals surface area (Å²) in [6.07, 6.45) is 1.08. The molecule has 2 unspecified atom stereocenters. The van der Waals surface area contributed by atoms with E-state index in [1.807, 2.05) is 44.2 Å². The Morgan fingerprint density at radius 1 is 1.03 bits per heavy atom. The van der Waals surface area contributed by atoms with Crippen LogP contribution in [0.25, 0.3) is 0 Å². The molecule has 2 aromatic carbocycles. The van der Waals surface area contributed by atoms with Gasteiger partial charge in [0.15, 0.2) is 0 Å². The Balaban J connectivity index is 1.74. The monoisotopic (exact) mass is 485 g/mol.